The van der Waals surface area contributed by atoms with Crippen molar-refractivity contribution in [2.45, 2.75) is 25.8 Å². The van der Waals surface area contributed by atoms with Gasteiger partial charge in [-0.15, -0.1) is 0 Å². The average Bonchev–Trinajstić information content (AvgIpc) is 2.26. The number of carboxylic acids is 1. The van der Waals surface area contributed by atoms with Crippen molar-refractivity contribution < 1.29 is 9.90 Å². The zero-order chi connectivity index (χ0) is 12.1. The van der Waals surface area contributed by atoms with Gasteiger partial charge in [-0.3, -0.25) is 0 Å². The first-order chi connectivity index (χ1) is 7.50. The molecule has 0 aliphatic rings. The third kappa shape index (κ3) is 3.51. The van der Waals surface area contributed by atoms with Crippen molar-refractivity contribution in [3.05, 3.63) is 47.5 Å². The highest BCUT2D eigenvalue weighted by Gasteiger charge is 2.04. The molecule has 3 nitrogen and oxygen atoms in total. The molecular formula is C13H17NO2. The van der Waals surface area contributed by atoms with E-state index in [2.05, 4.69) is 13.8 Å². The molecule has 0 saturated carbocycles. The highest BCUT2D eigenvalue weighted by molar-refractivity contribution is 5.79. The van der Waals surface area contributed by atoms with Crippen molar-refractivity contribution in [2.75, 3.05) is 0 Å². The first kappa shape index (κ1) is 12.5. The van der Waals surface area contributed by atoms with Crippen LogP contribution in [0.2, 0.25) is 0 Å². The number of benzene rings is 1. The predicted octanol–water partition coefficient (Wildman–Crippen LogP) is 2.45. The molecule has 0 spiro atoms. The Morgan fingerprint density at radius 2 is 1.75 bits per heavy atom. The Bertz CT molecular complexity index is 379. The number of rotatable bonds is 4. The lowest BCUT2D eigenvalue weighted by atomic mass is 9.99. The Labute approximate surface area is 95.6 Å². The number of hydrogen-bond donors (Lipinski definition) is 2. The first-order valence-electron chi connectivity index (χ1n) is 5.27. The van der Waals surface area contributed by atoms with E-state index in [1.807, 2.05) is 24.3 Å². The van der Waals surface area contributed by atoms with Crippen LogP contribution >= 0.6 is 0 Å². The van der Waals surface area contributed by atoms with Crippen LogP contribution in [0.5, 0.6) is 0 Å². The summed E-state index contributed by atoms with van der Waals surface area (Å²) in [6, 6.07) is 7.55. The molecule has 0 fully saturated rings. The van der Waals surface area contributed by atoms with E-state index < -0.39 is 5.97 Å². The van der Waals surface area contributed by atoms with Crippen LogP contribution in [0.3, 0.4) is 0 Å². The Morgan fingerprint density at radius 3 is 2.19 bits per heavy atom. The lowest BCUT2D eigenvalue weighted by molar-refractivity contribution is -0.131. The van der Waals surface area contributed by atoms with Gasteiger partial charge >= 0.3 is 5.97 Å². The molecule has 1 aromatic rings. The van der Waals surface area contributed by atoms with Gasteiger partial charge in [0, 0.05) is 12.1 Å². The van der Waals surface area contributed by atoms with Crippen LogP contribution in [0, 0.1) is 0 Å². The Balaban J connectivity index is 2.77. The molecule has 0 amide bonds. The van der Waals surface area contributed by atoms with E-state index in [4.69, 9.17) is 10.8 Å². The molecule has 0 aromatic heterocycles. The quantitative estimate of drug-likeness (QED) is 0.764. The van der Waals surface area contributed by atoms with Crippen LogP contribution in [0.4, 0.5) is 0 Å². The molecule has 0 radical (unpaired) electrons. The number of carboxylic acid groups (broad SMARTS) is 1. The highest BCUT2D eigenvalue weighted by Crippen LogP contribution is 2.18. The van der Waals surface area contributed by atoms with Gasteiger partial charge in [0.25, 0.3) is 0 Å². The molecular weight excluding hydrogens is 202 g/mol. The molecule has 0 saturated heterocycles. The number of nitrogens with two attached hydrogens (primary N) is 1. The van der Waals surface area contributed by atoms with Crippen molar-refractivity contribution in [1.82, 2.24) is 0 Å². The summed E-state index contributed by atoms with van der Waals surface area (Å²) in [7, 11) is 0. The second-order valence-corrected chi connectivity index (χ2v) is 4.04. The first-order valence-corrected chi connectivity index (χ1v) is 5.27. The monoisotopic (exact) mass is 219 g/mol. The standard InChI is InChI=1S/C13H17NO2/c1-9(2)10-3-5-11(6-4-10)12(14)7-8-13(15)16/h3-9,12H,14H2,1-2H3,(H,15,16)/b8-7+. The molecule has 3 heteroatoms. The van der Waals surface area contributed by atoms with E-state index in [9.17, 15) is 4.79 Å². The minimum absolute atomic E-state index is 0.364. The maximum atomic E-state index is 10.3. The van der Waals surface area contributed by atoms with Gasteiger partial charge in [0.05, 0.1) is 0 Å². The summed E-state index contributed by atoms with van der Waals surface area (Å²) in [6.45, 7) is 4.25. The lowest BCUT2D eigenvalue weighted by Crippen LogP contribution is -2.07. The van der Waals surface area contributed by atoms with Gasteiger partial charge in [0.2, 0.25) is 0 Å². The lowest BCUT2D eigenvalue weighted by Gasteiger charge is -2.09. The molecule has 0 heterocycles. The maximum absolute atomic E-state index is 10.3. The summed E-state index contributed by atoms with van der Waals surface area (Å²) in [5, 5.41) is 8.48. The Hall–Kier alpha value is -1.61. The van der Waals surface area contributed by atoms with Gasteiger partial charge in [-0.2, -0.15) is 0 Å². The molecule has 3 N–H and O–H groups in total. The van der Waals surface area contributed by atoms with E-state index >= 15 is 0 Å². The Morgan fingerprint density at radius 1 is 1.25 bits per heavy atom. The second-order valence-electron chi connectivity index (χ2n) is 4.04. The van der Waals surface area contributed by atoms with Gasteiger partial charge in [-0.1, -0.05) is 44.2 Å². The van der Waals surface area contributed by atoms with E-state index in [-0.39, 0.29) is 6.04 Å². The summed E-state index contributed by atoms with van der Waals surface area (Å²) >= 11 is 0. The highest BCUT2D eigenvalue weighted by atomic mass is 16.4. The number of aliphatic carboxylic acids is 1. The number of carbonyl (C=O) groups is 1. The van der Waals surface area contributed by atoms with Crippen LogP contribution in [0.25, 0.3) is 0 Å². The fourth-order valence-corrected chi connectivity index (χ4v) is 1.40. The largest absolute Gasteiger partial charge is 0.478 e. The molecule has 86 valence electrons. The summed E-state index contributed by atoms with van der Waals surface area (Å²) < 4.78 is 0. The minimum Gasteiger partial charge on any atom is -0.478 e. The normalized spacial score (nSPS) is 13.2. The van der Waals surface area contributed by atoms with Crippen molar-refractivity contribution >= 4 is 5.97 Å². The molecule has 1 aromatic carbocycles. The fraction of sp³-hybridized carbons (Fsp3) is 0.308. The van der Waals surface area contributed by atoms with Crippen LogP contribution in [0.15, 0.2) is 36.4 Å². The summed E-state index contributed by atoms with van der Waals surface area (Å²) in [5.41, 5.74) is 7.99. The topological polar surface area (TPSA) is 63.3 Å². The van der Waals surface area contributed by atoms with E-state index in [0.29, 0.717) is 5.92 Å². The summed E-state index contributed by atoms with van der Waals surface area (Å²) in [5.74, 6) is -0.492. The SMILES string of the molecule is CC(C)c1ccc(C(N)/C=C/C(=O)O)cc1. The van der Waals surface area contributed by atoms with Crippen molar-refractivity contribution in [1.29, 1.82) is 0 Å². The van der Waals surface area contributed by atoms with Gasteiger partial charge in [0.1, 0.15) is 0 Å². The van der Waals surface area contributed by atoms with Crippen LogP contribution in [0.1, 0.15) is 36.9 Å². The maximum Gasteiger partial charge on any atom is 0.328 e. The average molecular weight is 219 g/mol. The zero-order valence-electron chi connectivity index (χ0n) is 9.55. The fourth-order valence-electron chi connectivity index (χ4n) is 1.40. The Kier molecular flexibility index (Phi) is 4.26. The molecule has 16 heavy (non-hydrogen) atoms. The van der Waals surface area contributed by atoms with E-state index in [0.717, 1.165) is 11.6 Å². The zero-order valence-corrected chi connectivity index (χ0v) is 9.55. The van der Waals surface area contributed by atoms with Crippen molar-refractivity contribution in [3.63, 3.8) is 0 Å². The minimum atomic E-state index is -0.978. The van der Waals surface area contributed by atoms with Gasteiger partial charge in [0.15, 0.2) is 0 Å². The van der Waals surface area contributed by atoms with Crippen LogP contribution in [-0.4, -0.2) is 11.1 Å². The van der Waals surface area contributed by atoms with E-state index in [1.165, 1.54) is 11.6 Å². The van der Waals surface area contributed by atoms with Crippen LogP contribution < -0.4 is 5.73 Å². The van der Waals surface area contributed by atoms with Gasteiger partial charge in [-0.25, -0.2) is 4.79 Å². The molecule has 1 rings (SSSR count). The van der Waals surface area contributed by atoms with Crippen molar-refractivity contribution in [2.24, 2.45) is 5.73 Å². The summed E-state index contributed by atoms with van der Waals surface area (Å²) in [4.78, 5) is 10.3. The van der Waals surface area contributed by atoms with Crippen molar-refractivity contribution in [3.8, 4) is 0 Å². The smallest absolute Gasteiger partial charge is 0.328 e. The van der Waals surface area contributed by atoms with Gasteiger partial charge in [-0.05, 0) is 17.0 Å². The molecule has 1 unspecified atom stereocenters. The molecule has 1 atom stereocenters. The van der Waals surface area contributed by atoms with Crippen LogP contribution in [-0.2, 0) is 4.79 Å². The number of hydrogen-bond acceptors (Lipinski definition) is 2. The molecule has 0 aliphatic heterocycles. The molecule has 0 bridgehead atoms. The second kappa shape index (κ2) is 5.47. The summed E-state index contributed by atoms with van der Waals surface area (Å²) in [6.07, 6.45) is 2.55. The van der Waals surface area contributed by atoms with E-state index in [1.54, 1.807) is 0 Å². The molecule has 0 aliphatic carbocycles. The third-order valence-corrected chi connectivity index (χ3v) is 2.43. The third-order valence-electron chi connectivity index (χ3n) is 2.43. The van der Waals surface area contributed by atoms with Gasteiger partial charge < -0.3 is 10.8 Å². The predicted molar refractivity (Wildman–Crippen MR) is 64.2 cm³/mol.